The third-order valence-corrected chi connectivity index (χ3v) is 18.0. The molecule has 20 atom stereocenters. The second kappa shape index (κ2) is 35.4. The van der Waals surface area contributed by atoms with Gasteiger partial charge in [0.1, 0.15) is 54.8 Å². The molecular formula is C70H80N10O27. The number of nitrogens with one attached hydrogen (secondary N) is 7. The SMILES string of the molecule is CNC(=O)[C@H](O[C@H]1OC(C(=O)N[C@H]2CCC[C@@H](C)NC2=O)=C[C@H](O)[C@@H]1O)[C@H]1O[C@@H](n2ccc(=O)[nH]c2=O)[C@H](O)[C@@H]1OC.CO[C@H]1[C@@H](OC(=O)c2ccccc2)[C@H](n2ccc(=O)[nH]c2=O)O[C@@H]1[C@@H](O[C@H]1OC(C(=O)N[C@H]2CCC[C@@H](C)NC2=O)=CC(OC(=O)c2ccccc2)[C@@H]1OC(=O)c1ccccc1)C(N)=O. The minimum Gasteiger partial charge on any atom is -0.456 e. The summed E-state index contributed by atoms with van der Waals surface area (Å²) in [6.07, 6.45) is -18.9. The van der Waals surface area contributed by atoms with Gasteiger partial charge in [-0.15, -0.1) is 0 Å². The molecule has 11 rings (SSSR count). The summed E-state index contributed by atoms with van der Waals surface area (Å²) in [4.78, 5) is 173. The molecule has 0 radical (unpaired) electrons. The van der Waals surface area contributed by atoms with Crippen molar-refractivity contribution in [1.29, 1.82) is 0 Å². The molecule has 8 heterocycles. The maximum atomic E-state index is 14.1. The largest absolute Gasteiger partial charge is 0.456 e. The number of amides is 6. The predicted octanol–water partition coefficient (Wildman–Crippen LogP) is -2.51. The molecule has 6 amide bonds. The Labute approximate surface area is 606 Å². The lowest BCUT2D eigenvalue weighted by Crippen LogP contribution is -2.56. The number of likely N-dealkylation sites (N-methyl/N-ethyl adjacent to an activating group) is 1. The van der Waals surface area contributed by atoms with Crippen LogP contribution in [0.3, 0.4) is 0 Å². The van der Waals surface area contributed by atoms with Crippen LogP contribution in [0.25, 0.3) is 0 Å². The van der Waals surface area contributed by atoms with Crippen molar-refractivity contribution in [2.75, 3.05) is 21.3 Å². The van der Waals surface area contributed by atoms with Crippen LogP contribution in [-0.2, 0) is 80.9 Å². The molecule has 0 spiro atoms. The van der Waals surface area contributed by atoms with Crippen LogP contribution in [0.2, 0.25) is 0 Å². The Bertz CT molecular complexity index is 4360. The Morgan fingerprint density at radius 1 is 0.533 bits per heavy atom. The van der Waals surface area contributed by atoms with Crippen LogP contribution in [0.4, 0.5) is 0 Å². The van der Waals surface area contributed by atoms with E-state index in [2.05, 4.69) is 31.6 Å². The van der Waals surface area contributed by atoms with Gasteiger partial charge in [0, 0.05) is 64.0 Å². The minimum absolute atomic E-state index is 0.0443. The first-order valence-corrected chi connectivity index (χ1v) is 33.9. The van der Waals surface area contributed by atoms with Gasteiger partial charge in [0.15, 0.2) is 48.4 Å². The molecule has 4 saturated heterocycles. The number of hydrogen-bond acceptors (Lipinski definition) is 27. The molecule has 572 valence electrons. The molecule has 0 bridgehead atoms. The highest BCUT2D eigenvalue weighted by molar-refractivity contribution is 5.97. The zero-order chi connectivity index (χ0) is 76.9. The summed E-state index contributed by atoms with van der Waals surface area (Å²) in [6.45, 7) is 3.67. The number of benzene rings is 3. The van der Waals surface area contributed by atoms with Crippen molar-refractivity contribution in [3.05, 3.63) is 198 Å². The van der Waals surface area contributed by atoms with Crippen molar-refractivity contribution in [3.8, 4) is 0 Å². The molecule has 37 heteroatoms. The summed E-state index contributed by atoms with van der Waals surface area (Å²) in [5.41, 5.74) is 2.90. The number of rotatable bonds is 22. The van der Waals surface area contributed by atoms with Gasteiger partial charge in [0.05, 0.1) is 16.7 Å². The average molecular weight is 1490 g/mol. The number of methoxy groups -OCH3 is 2. The van der Waals surface area contributed by atoms with E-state index in [4.69, 9.17) is 57.8 Å². The van der Waals surface area contributed by atoms with Crippen LogP contribution >= 0.6 is 0 Å². The number of carbonyl (C=O) groups is 9. The first-order valence-electron chi connectivity index (χ1n) is 33.9. The number of aliphatic hydroxyl groups is 3. The molecule has 6 aliphatic rings. The monoisotopic (exact) mass is 1490 g/mol. The van der Waals surface area contributed by atoms with Crippen molar-refractivity contribution in [2.45, 2.75) is 175 Å². The molecular weight excluding hydrogens is 1410 g/mol. The van der Waals surface area contributed by atoms with Crippen molar-refractivity contribution < 1.29 is 111 Å². The number of aromatic nitrogens is 4. The number of primary amides is 1. The highest BCUT2D eigenvalue weighted by Gasteiger charge is 2.57. The maximum absolute atomic E-state index is 14.1. The Balaban J connectivity index is 0.000000251. The van der Waals surface area contributed by atoms with Crippen LogP contribution in [0.1, 0.15) is 95.9 Å². The number of aromatic amines is 2. The number of hydrogen-bond donors (Lipinski definition) is 11. The number of carbonyl (C=O) groups excluding carboxylic acids is 9. The van der Waals surface area contributed by atoms with Gasteiger partial charge in [-0.05, 0) is 94.8 Å². The first kappa shape index (κ1) is 78.6. The molecule has 5 aromatic rings. The maximum Gasteiger partial charge on any atom is 0.338 e. The van der Waals surface area contributed by atoms with Gasteiger partial charge < -0.3 is 99.7 Å². The van der Waals surface area contributed by atoms with Crippen LogP contribution in [0.15, 0.2) is 158 Å². The number of aliphatic hydroxyl groups excluding tert-OH is 3. The molecule has 107 heavy (non-hydrogen) atoms. The van der Waals surface area contributed by atoms with Crippen molar-refractivity contribution >= 4 is 53.4 Å². The van der Waals surface area contributed by atoms with Crippen LogP contribution in [0, 0.1) is 0 Å². The van der Waals surface area contributed by atoms with E-state index in [0.29, 0.717) is 25.7 Å². The lowest BCUT2D eigenvalue weighted by molar-refractivity contribution is -0.242. The standard InChI is InChI=1S/C45H45N5O15.C25H35N5O12/c1-24-13-12-20-28(38(53)47-24)48-39(54)30-23-29(60-41(55)25-14-6-3-7-15-25)32(63-42(56)26-16-8-4-9-17-26)44(61-30)65-35(37(46)52)34-33(59-2)36(64-43(57)27-18-10-5-11-19-27)40(62-34)50-22-21-31(51)49-45(50)58;1-10-5-4-6-11(20(35)27-10)28-21(36)13-9-12(31)15(33)24(40-13)42-19(22(37)26-2)18-17(39-3)16(34)23(41-18)30-8-7-14(32)29-25(30)38/h3-11,14-19,21-24,28-29,32-36,40,44H,12-13,20H2,1-2H3,(H2,46,52)(H,47,53)(H,48,54)(H,49,51,58);7-12,15-19,23-24,31,33-34H,4-6H2,1-3H3,(H,26,37)(H,27,35)(H,28,36)(H,29,32,38)/t24-,28+,29?,32+,33-,34+,35-,36-,40-,44-;10-,11+,12+,15+,16-,17+,18+,19-,23-,24-/m11/s1. The Morgan fingerprint density at radius 3 is 1.45 bits per heavy atom. The summed E-state index contributed by atoms with van der Waals surface area (Å²) < 4.78 is 66.3. The smallest absolute Gasteiger partial charge is 0.338 e. The van der Waals surface area contributed by atoms with Gasteiger partial charge in [-0.1, -0.05) is 54.6 Å². The number of esters is 3. The molecule has 12 N–H and O–H groups in total. The zero-order valence-corrected chi connectivity index (χ0v) is 58.0. The van der Waals surface area contributed by atoms with Crippen LogP contribution in [-0.4, -0.2) is 219 Å². The number of H-pyrrole nitrogens is 2. The summed E-state index contributed by atoms with van der Waals surface area (Å²) in [7, 11) is 3.69. The summed E-state index contributed by atoms with van der Waals surface area (Å²) in [5, 5.41) is 45.1. The molecule has 2 aromatic heterocycles. The molecule has 6 aliphatic heterocycles. The number of nitrogens with two attached hydrogens (primary N) is 1. The van der Waals surface area contributed by atoms with E-state index in [1.165, 1.54) is 57.7 Å². The molecule has 3 aromatic carbocycles. The Morgan fingerprint density at radius 2 is 0.972 bits per heavy atom. The van der Waals surface area contributed by atoms with Crippen LogP contribution < -0.4 is 54.8 Å². The summed E-state index contributed by atoms with van der Waals surface area (Å²) in [6, 6.07) is 23.2. The Hall–Kier alpha value is -11.0. The van der Waals surface area contributed by atoms with Crippen molar-refractivity contribution in [2.24, 2.45) is 5.73 Å². The van der Waals surface area contributed by atoms with E-state index in [9.17, 15) is 77.6 Å². The minimum atomic E-state index is -2.04. The zero-order valence-electron chi connectivity index (χ0n) is 58.0. The lowest BCUT2D eigenvalue weighted by Gasteiger charge is -2.38. The highest BCUT2D eigenvalue weighted by atomic mass is 16.7. The lowest BCUT2D eigenvalue weighted by atomic mass is 10.0. The normalized spacial score (nSPS) is 28.9. The van der Waals surface area contributed by atoms with E-state index >= 15 is 0 Å². The Kier molecular flexibility index (Phi) is 26.0. The molecule has 37 nitrogen and oxygen atoms in total. The quantitative estimate of drug-likeness (QED) is 0.0252. The fourth-order valence-corrected chi connectivity index (χ4v) is 12.6. The fourth-order valence-electron chi connectivity index (χ4n) is 12.6. The van der Waals surface area contributed by atoms with Gasteiger partial charge in [-0.2, -0.15) is 0 Å². The van der Waals surface area contributed by atoms with Gasteiger partial charge in [0.2, 0.25) is 36.4 Å². The van der Waals surface area contributed by atoms with Gasteiger partial charge in [0.25, 0.3) is 28.8 Å². The summed E-state index contributed by atoms with van der Waals surface area (Å²) in [5.74, 6) is -8.53. The second-order valence-electron chi connectivity index (χ2n) is 25.5. The van der Waals surface area contributed by atoms with Gasteiger partial charge in [-0.3, -0.25) is 57.5 Å². The van der Waals surface area contributed by atoms with E-state index in [1.807, 2.05) is 18.8 Å². The highest BCUT2D eigenvalue weighted by Crippen LogP contribution is 2.39. The number of nitrogens with zero attached hydrogens (tertiary/aromatic N) is 2. The molecule has 0 saturated carbocycles. The topological polar surface area (TPSA) is 512 Å². The predicted molar refractivity (Wildman–Crippen MR) is 363 cm³/mol. The second-order valence-corrected chi connectivity index (χ2v) is 25.5. The molecule has 4 fully saturated rings. The fraction of sp³-hybridized carbons (Fsp3) is 0.443. The van der Waals surface area contributed by atoms with E-state index < -0.39 is 192 Å². The summed E-state index contributed by atoms with van der Waals surface area (Å²) >= 11 is 0. The molecule has 0 aliphatic carbocycles. The van der Waals surface area contributed by atoms with E-state index in [0.717, 1.165) is 52.2 Å². The van der Waals surface area contributed by atoms with Crippen LogP contribution in [0.5, 0.6) is 0 Å². The van der Waals surface area contributed by atoms with E-state index in [-0.39, 0.29) is 41.1 Å². The first-order chi connectivity index (χ1) is 51.2. The van der Waals surface area contributed by atoms with Crippen molar-refractivity contribution in [1.82, 2.24) is 45.7 Å². The average Bonchev–Trinajstić information content (AvgIpc) is 1.58. The third kappa shape index (κ3) is 18.8. The number of ether oxygens (including phenoxy) is 11. The van der Waals surface area contributed by atoms with E-state index in [1.54, 1.807) is 54.6 Å². The molecule has 1 unspecified atom stereocenters. The van der Waals surface area contributed by atoms with Crippen molar-refractivity contribution in [3.63, 3.8) is 0 Å². The van der Waals surface area contributed by atoms with Gasteiger partial charge >= 0.3 is 29.3 Å². The third-order valence-electron chi connectivity index (χ3n) is 18.0. The van der Waals surface area contributed by atoms with Gasteiger partial charge in [-0.25, -0.2) is 24.0 Å².